The number of carbonyl (C=O) groups is 1. The highest BCUT2D eigenvalue weighted by molar-refractivity contribution is 5.67. The van der Waals surface area contributed by atoms with Crippen LogP contribution in [0.5, 0.6) is 0 Å². The van der Waals surface area contributed by atoms with Gasteiger partial charge in [0.2, 0.25) is 0 Å². The molecule has 2 saturated heterocycles. The van der Waals surface area contributed by atoms with Gasteiger partial charge in [-0.15, -0.1) is 0 Å². The Bertz CT molecular complexity index is 383. The number of rotatable bonds is 5. The highest BCUT2D eigenvalue weighted by Gasteiger charge is 2.29. The number of piperidine rings is 2. The fraction of sp³-hybridized carbons (Fsp3) is 0.944. The Kier molecular flexibility index (Phi) is 7.32. The van der Waals surface area contributed by atoms with Gasteiger partial charge in [-0.05, 0) is 79.7 Å². The Hall–Kier alpha value is -0.850. The number of nitrogens with one attached hydrogen (secondary N) is 2. The van der Waals surface area contributed by atoms with Gasteiger partial charge in [0.05, 0.1) is 0 Å². The van der Waals surface area contributed by atoms with Gasteiger partial charge in [-0.2, -0.15) is 0 Å². The lowest BCUT2D eigenvalue weighted by Gasteiger charge is -2.43. The Morgan fingerprint density at radius 1 is 1.17 bits per heavy atom. The number of amides is 1. The second-order valence-electron chi connectivity index (χ2n) is 8.18. The molecule has 140 valence electrons. The van der Waals surface area contributed by atoms with Crippen molar-refractivity contribution in [2.75, 3.05) is 46.3 Å². The molecule has 0 unspecified atom stereocenters. The number of carbonyl (C=O) groups excluding carboxylic acids is 1. The monoisotopic (exact) mass is 340 g/mol. The van der Waals surface area contributed by atoms with E-state index in [2.05, 4.69) is 27.5 Å². The molecule has 0 saturated carbocycles. The molecule has 6 heteroatoms. The normalized spacial score (nSPS) is 21.9. The fourth-order valence-electron chi connectivity index (χ4n) is 3.73. The van der Waals surface area contributed by atoms with E-state index in [9.17, 15) is 4.79 Å². The predicted octanol–water partition coefficient (Wildman–Crippen LogP) is 1.66. The first-order chi connectivity index (χ1) is 11.3. The molecule has 0 atom stereocenters. The van der Waals surface area contributed by atoms with E-state index < -0.39 is 5.60 Å². The molecule has 24 heavy (non-hydrogen) atoms. The molecule has 0 radical (unpaired) electrons. The summed E-state index contributed by atoms with van der Waals surface area (Å²) < 4.78 is 5.34. The first-order valence-corrected chi connectivity index (χ1v) is 9.47. The van der Waals surface area contributed by atoms with Crippen molar-refractivity contribution in [3.05, 3.63) is 0 Å². The number of hydrogen-bond donors (Lipinski definition) is 2. The second-order valence-corrected chi connectivity index (χ2v) is 8.18. The van der Waals surface area contributed by atoms with Gasteiger partial charge in [0.1, 0.15) is 5.60 Å². The molecule has 0 aromatic carbocycles. The molecule has 0 aromatic rings. The van der Waals surface area contributed by atoms with Crippen molar-refractivity contribution < 1.29 is 9.53 Å². The molecule has 0 aliphatic carbocycles. The van der Waals surface area contributed by atoms with Crippen LogP contribution in [-0.2, 0) is 4.74 Å². The maximum absolute atomic E-state index is 11.9. The van der Waals surface area contributed by atoms with E-state index in [4.69, 9.17) is 4.74 Å². The summed E-state index contributed by atoms with van der Waals surface area (Å²) in [5, 5.41) is 6.38. The lowest BCUT2D eigenvalue weighted by molar-refractivity contribution is 0.0468. The van der Waals surface area contributed by atoms with Crippen molar-refractivity contribution in [1.82, 2.24) is 20.4 Å². The topological polar surface area (TPSA) is 56.8 Å². The summed E-state index contributed by atoms with van der Waals surface area (Å²) in [6.07, 6.45) is 4.56. The van der Waals surface area contributed by atoms with Crippen LogP contribution in [0.2, 0.25) is 0 Å². The molecule has 0 aromatic heterocycles. The summed E-state index contributed by atoms with van der Waals surface area (Å²) in [5.74, 6) is 0. The molecule has 0 bridgehead atoms. The fourth-order valence-corrected chi connectivity index (χ4v) is 3.73. The maximum atomic E-state index is 11.9. The summed E-state index contributed by atoms with van der Waals surface area (Å²) in [6.45, 7) is 11.8. The van der Waals surface area contributed by atoms with Crippen molar-refractivity contribution in [2.24, 2.45) is 0 Å². The van der Waals surface area contributed by atoms with Crippen LogP contribution in [0, 0.1) is 0 Å². The van der Waals surface area contributed by atoms with Gasteiger partial charge in [-0.25, -0.2) is 4.79 Å². The standard InChI is InChI=1S/C18H36N4O2/c1-18(2,3)24-17(23)20-11-14-22(15-5-9-19-10-6-15)16-7-12-21(4)13-8-16/h15-16,19H,5-14H2,1-4H3,(H,20,23). The van der Waals surface area contributed by atoms with Gasteiger partial charge in [-0.1, -0.05) is 0 Å². The van der Waals surface area contributed by atoms with Gasteiger partial charge in [-0.3, -0.25) is 4.90 Å². The van der Waals surface area contributed by atoms with Crippen molar-refractivity contribution in [1.29, 1.82) is 0 Å². The van der Waals surface area contributed by atoms with Gasteiger partial charge in [0, 0.05) is 25.2 Å². The number of ether oxygens (including phenoxy) is 1. The Morgan fingerprint density at radius 2 is 1.75 bits per heavy atom. The molecule has 2 N–H and O–H groups in total. The molecular formula is C18H36N4O2. The van der Waals surface area contributed by atoms with Gasteiger partial charge < -0.3 is 20.3 Å². The van der Waals surface area contributed by atoms with Crippen molar-refractivity contribution in [2.45, 2.75) is 64.1 Å². The molecule has 2 aliphatic rings. The molecule has 1 amide bonds. The van der Waals surface area contributed by atoms with Crippen molar-refractivity contribution >= 4 is 6.09 Å². The summed E-state index contributed by atoms with van der Waals surface area (Å²) in [6, 6.07) is 1.28. The molecule has 2 heterocycles. The zero-order chi connectivity index (χ0) is 17.6. The van der Waals surface area contributed by atoms with E-state index in [1.807, 2.05) is 20.8 Å². The van der Waals surface area contributed by atoms with Crippen LogP contribution in [0.1, 0.15) is 46.5 Å². The van der Waals surface area contributed by atoms with Crippen LogP contribution in [0.25, 0.3) is 0 Å². The average Bonchev–Trinajstić information content (AvgIpc) is 2.52. The van der Waals surface area contributed by atoms with Crippen molar-refractivity contribution in [3.63, 3.8) is 0 Å². The third-order valence-electron chi connectivity index (χ3n) is 4.97. The molecular weight excluding hydrogens is 304 g/mol. The van der Waals surface area contributed by atoms with E-state index in [1.54, 1.807) is 0 Å². The molecule has 0 spiro atoms. The van der Waals surface area contributed by atoms with E-state index >= 15 is 0 Å². The zero-order valence-electron chi connectivity index (χ0n) is 15.9. The van der Waals surface area contributed by atoms with E-state index in [-0.39, 0.29) is 6.09 Å². The van der Waals surface area contributed by atoms with Crippen LogP contribution < -0.4 is 10.6 Å². The third-order valence-corrected chi connectivity index (χ3v) is 4.97. The highest BCUT2D eigenvalue weighted by atomic mass is 16.6. The summed E-state index contributed by atoms with van der Waals surface area (Å²) in [7, 11) is 2.20. The number of likely N-dealkylation sites (tertiary alicyclic amines) is 1. The number of hydrogen-bond acceptors (Lipinski definition) is 5. The smallest absolute Gasteiger partial charge is 0.407 e. The predicted molar refractivity (Wildman–Crippen MR) is 97.4 cm³/mol. The lowest BCUT2D eigenvalue weighted by atomic mass is 9.97. The number of nitrogens with zero attached hydrogens (tertiary/aromatic N) is 2. The zero-order valence-corrected chi connectivity index (χ0v) is 15.9. The number of alkyl carbamates (subject to hydrolysis) is 1. The Morgan fingerprint density at radius 3 is 2.33 bits per heavy atom. The van der Waals surface area contributed by atoms with Crippen LogP contribution in [-0.4, -0.2) is 79.9 Å². The minimum atomic E-state index is -0.438. The minimum absolute atomic E-state index is 0.309. The molecule has 6 nitrogen and oxygen atoms in total. The Labute approximate surface area is 147 Å². The van der Waals surface area contributed by atoms with Gasteiger partial charge in [0.15, 0.2) is 0 Å². The SMILES string of the molecule is CN1CCC(N(CCNC(=O)OC(C)(C)C)C2CCNCC2)CC1. The lowest BCUT2D eigenvalue weighted by Crippen LogP contribution is -2.53. The second kappa shape index (κ2) is 9.02. The molecule has 2 rings (SSSR count). The Balaban J connectivity index is 1.85. The first-order valence-electron chi connectivity index (χ1n) is 9.47. The molecule has 2 aliphatic heterocycles. The van der Waals surface area contributed by atoms with Crippen LogP contribution >= 0.6 is 0 Å². The van der Waals surface area contributed by atoms with E-state index in [0.29, 0.717) is 18.6 Å². The average molecular weight is 341 g/mol. The highest BCUT2D eigenvalue weighted by Crippen LogP contribution is 2.22. The first kappa shape index (κ1) is 19.5. The largest absolute Gasteiger partial charge is 0.444 e. The third kappa shape index (κ3) is 6.57. The van der Waals surface area contributed by atoms with Crippen LogP contribution in [0.15, 0.2) is 0 Å². The summed E-state index contributed by atoms with van der Waals surface area (Å²) in [5.41, 5.74) is -0.438. The summed E-state index contributed by atoms with van der Waals surface area (Å²) in [4.78, 5) is 16.9. The van der Waals surface area contributed by atoms with Crippen molar-refractivity contribution in [3.8, 4) is 0 Å². The van der Waals surface area contributed by atoms with Crippen LogP contribution in [0.4, 0.5) is 4.79 Å². The quantitative estimate of drug-likeness (QED) is 0.797. The summed E-state index contributed by atoms with van der Waals surface area (Å²) >= 11 is 0. The minimum Gasteiger partial charge on any atom is -0.444 e. The van der Waals surface area contributed by atoms with Crippen LogP contribution in [0.3, 0.4) is 0 Å². The van der Waals surface area contributed by atoms with E-state index in [1.165, 1.54) is 38.8 Å². The van der Waals surface area contributed by atoms with Gasteiger partial charge >= 0.3 is 6.09 Å². The van der Waals surface area contributed by atoms with E-state index in [0.717, 1.165) is 19.6 Å². The van der Waals surface area contributed by atoms with Gasteiger partial charge in [0.25, 0.3) is 0 Å². The molecule has 2 fully saturated rings. The maximum Gasteiger partial charge on any atom is 0.407 e.